The molecule has 0 amide bonds. The maximum Gasteiger partial charge on any atom is 0.306 e. The first-order chi connectivity index (χ1) is 31.5. The van der Waals surface area contributed by atoms with Crippen molar-refractivity contribution in [1.82, 2.24) is 0 Å². The summed E-state index contributed by atoms with van der Waals surface area (Å²) in [4.78, 5) is 38.1. The molecule has 6 heteroatoms. The van der Waals surface area contributed by atoms with Crippen LogP contribution in [-0.2, 0) is 28.6 Å². The van der Waals surface area contributed by atoms with E-state index in [1.807, 2.05) is 0 Å². The molecule has 0 aromatic carbocycles. The molecule has 0 aliphatic heterocycles. The second kappa shape index (κ2) is 53.2. The van der Waals surface area contributed by atoms with E-state index >= 15 is 0 Å². The van der Waals surface area contributed by atoms with Crippen molar-refractivity contribution in [2.45, 2.75) is 303 Å². The summed E-state index contributed by atoms with van der Waals surface area (Å²) in [7, 11) is 0. The fraction of sp³-hybridized carbons (Fsp3) is 0.845. The average Bonchev–Trinajstić information content (AvgIpc) is 3.29. The Balaban J connectivity index is 4.34. The highest BCUT2D eigenvalue weighted by atomic mass is 16.6. The lowest BCUT2D eigenvalue weighted by Crippen LogP contribution is -2.30. The first-order valence-electron chi connectivity index (χ1n) is 28.0. The number of ether oxygens (including phenoxy) is 3. The van der Waals surface area contributed by atoms with E-state index in [0.717, 1.165) is 83.5 Å². The number of allylic oxidation sites excluding steroid dienone is 6. The SMILES string of the molecule is CC/C=C\C/C=C\C/C=C\CCCCCCCCCC(=O)OCC(COC(=O)CCCCCCCCCCCCCCCC)OC(=O)CCCCCCCCCCCCCCCCC. The van der Waals surface area contributed by atoms with Crippen LogP contribution in [0.5, 0.6) is 0 Å². The molecule has 0 heterocycles. The zero-order valence-corrected chi connectivity index (χ0v) is 42.8. The van der Waals surface area contributed by atoms with Crippen molar-refractivity contribution in [2.24, 2.45) is 0 Å². The van der Waals surface area contributed by atoms with Crippen molar-refractivity contribution < 1.29 is 28.6 Å². The predicted octanol–water partition coefficient (Wildman–Crippen LogP) is 18.5. The fourth-order valence-corrected chi connectivity index (χ4v) is 8.22. The van der Waals surface area contributed by atoms with Gasteiger partial charge in [-0.1, -0.05) is 263 Å². The lowest BCUT2D eigenvalue weighted by atomic mass is 10.0. The topological polar surface area (TPSA) is 78.9 Å². The Kier molecular flexibility index (Phi) is 51.3. The third-order valence-corrected chi connectivity index (χ3v) is 12.4. The highest BCUT2D eigenvalue weighted by Crippen LogP contribution is 2.17. The van der Waals surface area contributed by atoms with Crippen molar-refractivity contribution in [2.75, 3.05) is 13.2 Å². The van der Waals surface area contributed by atoms with Crippen molar-refractivity contribution >= 4 is 17.9 Å². The van der Waals surface area contributed by atoms with Gasteiger partial charge < -0.3 is 14.2 Å². The Morgan fingerprint density at radius 2 is 0.609 bits per heavy atom. The first-order valence-corrected chi connectivity index (χ1v) is 28.0. The van der Waals surface area contributed by atoms with E-state index in [9.17, 15) is 14.4 Å². The Morgan fingerprint density at radius 3 is 0.953 bits per heavy atom. The summed E-state index contributed by atoms with van der Waals surface area (Å²) in [5.41, 5.74) is 0. The second-order valence-electron chi connectivity index (χ2n) is 18.8. The number of hydrogen-bond acceptors (Lipinski definition) is 6. The molecule has 0 fully saturated rings. The molecule has 374 valence electrons. The summed E-state index contributed by atoms with van der Waals surface area (Å²) in [6, 6.07) is 0. The standard InChI is InChI=1S/C58H106O6/c1-4-7-10-13-16-19-22-25-28-29-31-33-36-39-42-45-48-51-57(60)63-54-55(53-62-56(59)50-47-44-41-38-35-32-27-24-21-18-15-12-9-6-3)64-58(61)52-49-46-43-40-37-34-30-26-23-20-17-14-11-8-5-2/h7,10,16,19,25,28,55H,4-6,8-9,11-15,17-18,20-24,26-27,29-54H2,1-3H3/b10-7-,19-16-,28-25-. The molecule has 6 nitrogen and oxygen atoms in total. The molecule has 0 N–H and O–H groups in total. The van der Waals surface area contributed by atoms with Crippen LogP contribution in [-0.4, -0.2) is 37.2 Å². The largest absolute Gasteiger partial charge is 0.462 e. The molecule has 0 aromatic heterocycles. The highest BCUT2D eigenvalue weighted by molar-refractivity contribution is 5.71. The second-order valence-corrected chi connectivity index (χ2v) is 18.8. The minimum absolute atomic E-state index is 0.0703. The Hall–Kier alpha value is -2.37. The molecule has 0 saturated carbocycles. The van der Waals surface area contributed by atoms with Crippen molar-refractivity contribution in [3.8, 4) is 0 Å². The molecule has 0 radical (unpaired) electrons. The molecular weight excluding hydrogens is 793 g/mol. The van der Waals surface area contributed by atoms with E-state index in [1.54, 1.807) is 0 Å². The van der Waals surface area contributed by atoms with Crippen LogP contribution in [0.15, 0.2) is 36.5 Å². The number of carbonyl (C=O) groups is 3. The van der Waals surface area contributed by atoms with E-state index < -0.39 is 6.10 Å². The van der Waals surface area contributed by atoms with Crippen molar-refractivity contribution in [3.63, 3.8) is 0 Å². The minimum atomic E-state index is -0.771. The minimum Gasteiger partial charge on any atom is -0.462 e. The molecule has 1 atom stereocenters. The molecule has 64 heavy (non-hydrogen) atoms. The fourth-order valence-electron chi connectivity index (χ4n) is 8.22. The van der Waals surface area contributed by atoms with Gasteiger partial charge >= 0.3 is 17.9 Å². The smallest absolute Gasteiger partial charge is 0.306 e. The maximum absolute atomic E-state index is 12.8. The molecule has 0 aliphatic carbocycles. The first kappa shape index (κ1) is 61.6. The third kappa shape index (κ3) is 50.6. The highest BCUT2D eigenvalue weighted by Gasteiger charge is 2.19. The van der Waals surface area contributed by atoms with E-state index in [2.05, 4.69) is 57.2 Å². The Bertz CT molecular complexity index is 1080. The molecule has 0 aromatic rings. The lowest BCUT2D eigenvalue weighted by Gasteiger charge is -2.18. The van der Waals surface area contributed by atoms with E-state index in [1.165, 1.54) is 173 Å². The number of hydrogen-bond donors (Lipinski definition) is 0. The molecule has 1 unspecified atom stereocenters. The normalized spacial score (nSPS) is 12.2. The third-order valence-electron chi connectivity index (χ3n) is 12.4. The van der Waals surface area contributed by atoms with Gasteiger partial charge in [-0.2, -0.15) is 0 Å². The van der Waals surface area contributed by atoms with Crippen molar-refractivity contribution in [1.29, 1.82) is 0 Å². The zero-order valence-electron chi connectivity index (χ0n) is 42.8. The van der Waals surface area contributed by atoms with E-state index in [0.29, 0.717) is 19.3 Å². The monoisotopic (exact) mass is 899 g/mol. The molecule has 0 saturated heterocycles. The van der Waals surface area contributed by atoms with Gasteiger partial charge in [0.2, 0.25) is 0 Å². The predicted molar refractivity (Wildman–Crippen MR) is 275 cm³/mol. The van der Waals surface area contributed by atoms with Gasteiger partial charge in [0.1, 0.15) is 13.2 Å². The van der Waals surface area contributed by atoms with Gasteiger partial charge in [-0.3, -0.25) is 14.4 Å². The van der Waals surface area contributed by atoms with Gasteiger partial charge in [0.25, 0.3) is 0 Å². The number of carbonyl (C=O) groups excluding carboxylic acids is 3. The van der Waals surface area contributed by atoms with Gasteiger partial charge in [0.15, 0.2) is 6.10 Å². The van der Waals surface area contributed by atoms with Crippen LogP contribution in [0, 0.1) is 0 Å². The summed E-state index contributed by atoms with van der Waals surface area (Å²) < 4.78 is 16.9. The average molecular weight is 899 g/mol. The van der Waals surface area contributed by atoms with Crippen LogP contribution in [0.4, 0.5) is 0 Å². The molecule has 0 spiro atoms. The van der Waals surface area contributed by atoms with Crippen LogP contribution in [0.1, 0.15) is 297 Å². The molecular formula is C58H106O6. The summed E-state index contributed by atoms with van der Waals surface area (Å²) >= 11 is 0. The quantitative estimate of drug-likeness (QED) is 0.0262. The zero-order chi connectivity index (χ0) is 46.5. The lowest BCUT2D eigenvalue weighted by molar-refractivity contribution is -0.167. The molecule has 0 rings (SSSR count). The summed E-state index contributed by atoms with van der Waals surface area (Å²) in [5.74, 6) is -0.863. The summed E-state index contributed by atoms with van der Waals surface area (Å²) in [6.07, 6.45) is 62.7. The van der Waals surface area contributed by atoms with Gasteiger partial charge in [0, 0.05) is 19.3 Å². The molecule has 0 bridgehead atoms. The number of esters is 3. The van der Waals surface area contributed by atoms with Crippen LogP contribution in [0.3, 0.4) is 0 Å². The van der Waals surface area contributed by atoms with E-state index in [4.69, 9.17) is 14.2 Å². The maximum atomic E-state index is 12.8. The van der Waals surface area contributed by atoms with Gasteiger partial charge in [-0.25, -0.2) is 0 Å². The summed E-state index contributed by atoms with van der Waals surface area (Å²) in [5, 5.41) is 0. The van der Waals surface area contributed by atoms with Crippen LogP contribution in [0.25, 0.3) is 0 Å². The number of unbranched alkanes of at least 4 members (excludes halogenated alkanes) is 34. The van der Waals surface area contributed by atoms with Gasteiger partial charge in [-0.05, 0) is 51.4 Å². The van der Waals surface area contributed by atoms with Gasteiger partial charge in [0.05, 0.1) is 0 Å². The van der Waals surface area contributed by atoms with Crippen LogP contribution in [0.2, 0.25) is 0 Å². The van der Waals surface area contributed by atoms with Crippen LogP contribution >= 0.6 is 0 Å². The van der Waals surface area contributed by atoms with Crippen molar-refractivity contribution in [3.05, 3.63) is 36.5 Å². The molecule has 0 aliphatic rings. The van der Waals surface area contributed by atoms with Gasteiger partial charge in [-0.15, -0.1) is 0 Å². The number of rotatable bonds is 51. The van der Waals surface area contributed by atoms with E-state index in [-0.39, 0.29) is 31.1 Å². The van der Waals surface area contributed by atoms with Crippen LogP contribution < -0.4 is 0 Å². The Morgan fingerprint density at radius 1 is 0.328 bits per heavy atom. The summed E-state index contributed by atoms with van der Waals surface area (Å²) in [6.45, 7) is 6.56. The Labute approximate surface area is 397 Å².